The minimum Gasteiger partial charge on any atom is -0.448 e. The maximum absolute atomic E-state index is 13.0. The smallest absolute Gasteiger partial charge is 0.291 e. The summed E-state index contributed by atoms with van der Waals surface area (Å²) in [5.74, 6) is -0.644. The van der Waals surface area contributed by atoms with Crippen molar-refractivity contribution in [3.05, 3.63) is 69.6 Å². The molecule has 2 fully saturated rings. The van der Waals surface area contributed by atoms with E-state index in [1.54, 1.807) is 35.2 Å². The van der Waals surface area contributed by atoms with Crippen molar-refractivity contribution in [2.45, 2.75) is 6.92 Å². The lowest BCUT2D eigenvalue weighted by molar-refractivity contribution is 0.0303. The van der Waals surface area contributed by atoms with Gasteiger partial charge in [-0.05, 0) is 55.9 Å². The molecule has 1 N–H and O–H groups in total. The van der Waals surface area contributed by atoms with E-state index >= 15 is 0 Å². The minimum atomic E-state index is -0.522. The number of ether oxygens (including phenoxy) is 1. The predicted octanol–water partition coefficient (Wildman–Crippen LogP) is 2.58. The molecule has 3 aromatic rings. The van der Waals surface area contributed by atoms with Gasteiger partial charge >= 0.3 is 0 Å². The van der Waals surface area contributed by atoms with Crippen LogP contribution in [0.5, 0.6) is 0 Å². The molecule has 2 aliphatic heterocycles. The lowest BCUT2D eigenvalue weighted by Gasteiger charge is -2.34. The number of anilines is 2. The van der Waals surface area contributed by atoms with E-state index in [1.165, 1.54) is 6.07 Å². The molecule has 0 saturated carbocycles. The van der Waals surface area contributed by atoms with Crippen LogP contribution in [0.3, 0.4) is 0 Å². The predicted molar refractivity (Wildman–Crippen MR) is 138 cm³/mol. The summed E-state index contributed by atoms with van der Waals surface area (Å²) >= 11 is 0. The summed E-state index contributed by atoms with van der Waals surface area (Å²) in [5.41, 5.74) is 3.01. The van der Waals surface area contributed by atoms with Crippen LogP contribution in [-0.4, -0.2) is 81.1 Å². The molecule has 36 heavy (non-hydrogen) atoms. The van der Waals surface area contributed by atoms with Gasteiger partial charge in [-0.2, -0.15) is 0 Å². The van der Waals surface area contributed by atoms with Crippen LogP contribution in [0.25, 0.3) is 11.0 Å². The highest BCUT2D eigenvalue weighted by molar-refractivity contribution is 6.04. The summed E-state index contributed by atoms with van der Waals surface area (Å²) in [6, 6.07) is 11.7. The molecule has 5 rings (SSSR count). The first-order valence-corrected chi connectivity index (χ1v) is 12.2. The Kier molecular flexibility index (Phi) is 6.75. The van der Waals surface area contributed by atoms with Crippen LogP contribution in [0.1, 0.15) is 26.5 Å². The molecule has 9 heteroatoms. The van der Waals surface area contributed by atoms with Gasteiger partial charge in [0.25, 0.3) is 11.8 Å². The molecule has 188 valence electrons. The Bertz CT molecular complexity index is 1340. The summed E-state index contributed by atoms with van der Waals surface area (Å²) in [5, 5.41) is 3.24. The average Bonchev–Trinajstić information content (AvgIpc) is 2.89. The lowest BCUT2D eigenvalue weighted by atomic mass is 10.1. The van der Waals surface area contributed by atoms with Gasteiger partial charge in [-0.25, -0.2) is 0 Å². The molecule has 1 aromatic heterocycles. The number of piperazine rings is 1. The van der Waals surface area contributed by atoms with E-state index < -0.39 is 5.91 Å². The van der Waals surface area contributed by atoms with Gasteiger partial charge in [0.15, 0.2) is 16.8 Å². The Labute approximate surface area is 209 Å². The summed E-state index contributed by atoms with van der Waals surface area (Å²) in [6.45, 7) is 7.58. The average molecular weight is 491 g/mol. The number of aryl methyl sites for hydroxylation is 1. The Morgan fingerprint density at radius 2 is 1.61 bits per heavy atom. The lowest BCUT2D eigenvalue weighted by Crippen LogP contribution is -2.44. The van der Waals surface area contributed by atoms with Gasteiger partial charge < -0.3 is 29.2 Å². The first-order chi connectivity index (χ1) is 17.4. The number of rotatable bonds is 4. The Hall–Kier alpha value is -3.69. The van der Waals surface area contributed by atoms with Crippen molar-refractivity contribution in [1.82, 2.24) is 9.80 Å². The van der Waals surface area contributed by atoms with Crippen LogP contribution in [0.4, 0.5) is 11.4 Å². The topological polar surface area (TPSA) is 95.3 Å². The highest BCUT2D eigenvalue weighted by atomic mass is 16.5. The zero-order chi connectivity index (χ0) is 25.2. The second kappa shape index (κ2) is 10.1. The third kappa shape index (κ3) is 4.98. The zero-order valence-corrected chi connectivity index (χ0v) is 20.6. The molecular formula is C27H30N4O5. The number of likely N-dealkylation sites (N-methyl/N-ethyl adjacent to an activating group) is 1. The Morgan fingerprint density at radius 1 is 0.917 bits per heavy atom. The monoisotopic (exact) mass is 490 g/mol. The van der Waals surface area contributed by atoms with Crippen molar-refractivity contribution < 1.29 is 18.7 Å². The Balaban J connectivity index is 1.38. The van der Waals surface area contributed by atoms with Crippen molar-refractivity contribution >= 4 is 34.2 Å². The molecule has 0 spiro atoms. The van der Waals surface area contributed by atoms with Crippen molar-refractivity contribution in [2.75, 3.05) is 69.7 Å². The van der Waals surface area contributed by atoms with Crippen LogP contribution in [0, 0.1) is 6.92 Å². The van der Waals surface area contributed by atoms with Crippen LogP contribution in [-0.2, 0) is 4.74 Å². The van der Waals surface area contributed by atoms with Crippen molar-refractivity contribution in [3.8, 4) is 0 Å². The van der Waals surface area contributed by atoms with Gasteiger partial charge in [0.2, 0.25) is 0 Å². The highest BCUT2D eigenvalue weighted by Gasteiger charge is 2.22. The zero-order valence-electron chi connectivity index (χ0n) is 20.6. The maximum Gasteiger partial charge on any atom is 0.291 e. The summed E-state index contributed by atoms with van der Waals surface area (Å²) in [4.78, 5) is 44.8. The van der Waals surface area contributed by atoms with E-state index in [1.807, 2.05) is 13.0 Å². The number of nitrogens with one attached hydrogen (secondary N) is 1. The molecule has 3 heterocycles. The largest absolute Gasteiger partial charge is 0.448 e. The molecule has 0 atom stereocenters. The normalized spacial score (nSPS) is 16.8. The third-order valence-electron chi connectivity index (χ3n) is 6.71. The number of carbonyl (C=O) groups excluding carboxylic acids is 2. The number of nitrogens with zero attached hydrogens (tertiary/aromatic N) is 3. The van der Waals surface area contributed by atoms with E-state index in [2.05, 4.69) is 22.2 Å². The summed E-state index contributed by atoms with van der Waals surface area (Å²) in [6.07, 6.45) is 0. The second-order valence-electron chi connectivity index (χ2n) is 9.36. The van der Waals surface area contributed by atoms with Crippen LogP contribution in [0.15, 0.2) is 51.7 Å². The fourth-order valence-corrected chi connectivity index (χ4v) is 4.61. The summed E-state index contributed by atoms with van der Waals surface area (Å²) < 4.78 is 11.3. The van der Waals surface area contributed by atoms with Gasteiger partial charge in [0, 0.05) is 56.6 Å². The molecule has 0 radical (unpaired) electrons. The molecule has 2 amide bonds. The number of hydrogen-bond donors (Lipinski definition) is 1. The van der Waals surface area contributed by atoms with Gasteiger partial charge in [-0.15, -0.1) is 0 Å². The molecule has 0 unspecified atom stereocenters. The van der Waals surface area contributed by atoms with Crippen LogP contribution < -0.4 is 15.6 Å². The van der Waals surface area contributed by atoms with E-state index in [0.717, 1.165) is 37.4 Å². The van der Waals surface area contributed by atoms with E-state index in [-0.39, 0.29) is 17.1 Å². The van der Waals surface area contributed by atoms with Gasteiger partial charge in [-0.1, -0.05) is 0 Å². The quantitative estimate of drug-likeness (QED) is 0.601. The molecule has 0 bridgehead atoms. The third-order valence-corrected chi connectivity index (χ3v) is 6.71. The van der Waals surface area contributed by atoms with Crippen molar-refractivity contribution in [3.63, 3.8) is 0 Å². The molecule has 2 saturated heterocycles. The van der Waals surface area contributed by atoms with Gasteiger partial charge in [0.1, 0.15) is 0 Å². The summed E-state index contributed by atoms with van der Waals surface area (Å²) in [7, 11) is 2.08. The number of hydrogen-bond acceptors (Lipinski definition) is 7. The molecule has 0 aliphatic carbocycles. The minimum absolute atomic E-state index is 0.0554. The van der Waals surface area contributed by atoms with Crippen LogP contribution >= 0.6 is 0 Å². The number of fused-ring (bicyclic) bond motifs is 1. The van der Waals surface area contributed by atoms with Crippen molar-refractivity contribution in [2.24, 2.45) is 0 Å². The highest BCUT2D eigenvalue weighted by Crippen LogP contribution is 2.29. The number of amides is 2. The van der Waals surface area contributed by atoms with E-state index in [4.69, 9.17) is 9.15 Å². The first kappa shape index (κ1) is 24.0. The number of morpholine rings is 1. The van der Waals surface area contributed by atoms with Crippen molar-refractivity contribution in [1.29, 1.82) is 0 Å². The van der Waals surface area contributed by atoms with E-state index in [0.29, 0.717) is 48.5 Å². The Morgan fingerprint density at radius 3 is 2.31 bits per heavy atom. The molecular weight excluding hydrogens is 460 g/mol. The SMILES string of the molecule is Cc1cc(N2CCN(C)CC2)c2oc(C(=O)Nc3ccc(C(=O)N4CCOCC4)cc3)cc(=O)c2c1. The van der Waals surface area contributed by atoms with Crippen LogP contribution in [0.2, 0.25) is 0 Å². The number of benzene rings is 2. The van der Waals surface area contributed by atoms with Gasteiger partial charge in [-0.3, -0.25) is 14.4 Å². The second-order valence-corrected chi connectivity index (χ2v) is 9.36. The fourth-order valence-electron chi connectivity index (χ4n) is 4.61. The molecule has 9 nitrogen and oxygen atoms in total. The number of carbonyl (C=O) groups is 2. The molecule has 2 aromatic carbocycles. The van der Waals surface area contributed by atoms with Gasteiger partial charge in [0.05, 0.1) is 24.3 Å². The molecule has 2 aliphatic rings. The first-order valence-electron chi connectivity index (χ1n) is 12.2. The standard InChI is InChI=1S/C27H30N4O5/c1-18-15-21-23(32)17-24(36-25(21)22(16-18)30-9-7-29(2)8-10-30)26(33)28-20-5-3-19(4-6-20)27(34)31-11-13-35-14-12-31/h3-6,15-17H,7-14H2,1-2H3,(H,28,33). The van der Waals surface area contributed by atoms with E-state index in [9.17, 15) is 14.4 Å². The maximum atomic E-state index is 13.0. The fraction of sp³-hybridized carbons (Fsp3) is 0.370.